The zero-order valence-corrected chi connectivity index (χ0v) is 49.1. The zero-order valence-electron chi connectivity index (χ0n) is 47.2. The maximum absolute atomic E-state index is 15.9. The fraction of sp³-hybridized carbons (Fsp3) is 0.344. The number of nitrogens with one attached hydrogen (secondary N) is 3. The number of ether oxygens (including phenoxy) is 4. The standard InChI is InChI=1S/C61H73N8O11PSi/c1-61(2,3)80-57(73)64-41-50(66-58(74)77-38-39-82(4,5)6)55(72)68-36-23-35-51(68)54(71)65-49(53(70)52(40-62)81(46-28-16-9-17-29-46,47-30-18-10-19-31-47)48-32-20-11-21-33-48)34-22-37-69(60(76)79-43-45-26-14-8-15-27-45)56(63)67-59(75)78-42-44-24-12-7-13-25-44/h7-21,24-33,49-51H,22-23,34-39,41-43H2,1-6H3,(H,64,73)(H,65,71)(H,66,74)(H2,63,67,75)/t49-,50-,51-/m0/s1. The molecule has 5 N–H and O–H groups in total. The second-order valence-corrected chi connectivity index (χ2v) is 30.6. The Morgan fingerprint density at radius 2 is 1.24 bits per heavy atom. The lowest BCUT2D eigenvalue weighted by Crippen LogP contribution is -2.58. The van der Waals surface area contributed by atoms with Crippen molar-refractivity contribution in [3.63, 3.8) is 0 Å². The van der Waals surface area contributed by atoms with E-state index in [-0.39, 0.29) is 57.5 Å². The predicted molar refractivity (Wildman–Crippen MR) is 319 cm³/mol. The summed E-state index contributed by atoms with van der Waals surface area (Å²) in [5, 5.41) is 21.5. The Bertz CT molecular complexity index is 3010. The third-order valence-electron chi connectivity index (χ3n) is 13.1. The van der Waals surface area contributed by atoms with Crippen LogP contribution in [0.2, 0.25) is 25.7 Å². The molecule has 0 aliphatic carbocycles. The van der Waals surface area contributed by atoms with Gasteiger partial charge in [-0.2, -0.15) is 5.26 Å². The molecule has 6 amide bonds. The molecule has 0 unspecified atom stereocenters. The van der Waals surface area contributed by atoms with Crippen LogP contribution in [0.4, 0.5) is 19.2 Å². The van der Waals surface area contributed by atoms with E-state index < -0.39 is 93.2 Å². The van der Waals surface area contributed by atoms with Crippen molar-refractivity contribution in [2.24, 2.45) is 10.7 Å². The molecule has 0 aromatic heterocycles. The van der Waals surface area contributed by atoms with Crippen molar-refractivity contribution < 1.29 is 52.5 Å². The second-order valence-electron chi connectivity index (χ2n) is 21.6. The number of carbonyl (C=O) groups excluding carboxylic acids is 7. The van der Waals surface area contributed by atoms with Crippen molar-refractivity contribution in [3.8, 4) is 6.07 Å². The first-order valence-electron chi connectivity index (χ1n) is 27.1. The number of alkyl carbamates (subject to hydrolysis) is 2. The molecule has 432 valence electrons. The summed E-state index contributed by atoms with van der Waals surface area (Å²) in [6, 6.07) is 44.2. The number of hydrogen-bond donors (Lipinski definition) is 4. The fourth-order valence-electron chi connectivity index (χ4n) is 9.08. The molecule has 1 fully saturated rings. The van der Waals surface area contributed by atoms with E-state index in [4.69, 9.17) is 24.7 Å². The number of aliphatic imine (C=N–C) groups is 1. The number of ketones is 1. The van der Waals surface area contributed by atoms with Crippen LogP contribution >= 0.6 is 6.89 Å². The van der Waals surface area contributed by atoms with E-state index in [9.17, 15) is 29.2 Å². The molecule has 0 bridgehead atoms. The van der Waals surface area contributed by atoms with Crippen molar-refractivity contribution in [2.75, 3.05) is 26.2 Å². The molecule has 5 aromatic rings. The number of nitrogens with two attached hydrogens (primary N) is 1. The van der Waals surface area contributed by atoms with E-state index in [0.29, 0.717) is 39.5 Å². The van der Waals surface area contributed by atoms with E-state index >= 15 is 9.59 Å². The average molecular weight is 1150 g/mol. The highest BCUT2D eigenvalue weighted by atomic mass is 31.2. The molecule has 19 nitrogen and oxygen atoms in total. The van der Waals surface area contributed by atoms with Gasteiger partial charge in [-0.25, -0.2) is 24.1 Å². The van der Waals surface area contributed by atoms with Crippen molar-refractivity contribution in [1.82, 2.24) is 25.8 Å². The monoisotopic (exact) mass is 1150 g/mol. The zero-order chi connectivity index (χ0) is 59.3. The highest BCUT2D eigenvalue weighted by molar-refractivity contribution is 7.97. The lowest BCUT2D eigenvalue weighted by atomic mass is 10.0. The summed E-state index contributed by atoms with van der Waals surface area (Å²) < 4.78 is 21.9. The smallest absolute Gasteiger partial charge is 0.437 e. The summed E-state index contributed by atoms with van der Waals surface area (Å²) in [6.45, 7) is 7.11. The number of rotatable bonds is 22. The van der Waals surface area contributed by atoms with Gasteiger partial charge in [0.2, 0.25) is 17.8 Å². The summed E-state index contributed by atoms with van der Waals surface area (Å²) >= 11 is 0. The fourth-order valence-corrected chi connectivity index (χ4v) is 14.0. The number of amides is 6. The Balaban J connectivity index is 1.39. The number of Topliss-reactive ketones (excluding diaryl/α,β-unsaturated/α-hetero) is 1. The molecular formula is C61H73N8O11PSi. The largest absolute Gasteiger partial charge is 0.450 e. The van der Waals surface area contributed by atoms with E-state index in [2.05, 4.69) is 46.7 Å². The molecule has 1 aliphatic heterocycles. The average Bonchev–Trinajstić information content (AvgIpc) is 3.58. The van der Waals surface area contributed by atoms with Crippen LogP contribution in [0.1, 0.15) is 57.6 Å². The number of nitriles is 1. The molecule has 3 atom stereocenters. The van der Waals surface area contributed by atoms with Crippen molar-refractivity contribution in [3.05, 3.63) is 163 Å². The Labute approximate surface area is 480 Å². The lowest BCUT2D eigenvalue weighted by Gasteiger charge is -2.32. The molecule has 0 spiro atoms. The second kappa shape index (κ2) is 29.8. The van der Waals surface area contributed by atoms with Gasteiger partial charge in [-0.1, -0.05) is 171 Å². The Morgan fingerprint density at radius 1 is 0.732 bits per heavy atom. The molecule has 1 saturated heterocycles. The molecule has 0 saturated carbocycles. The van der Waals surface area contributed by atoms with Crippen LogP contribution in [0.15, 0.2) is 157 Å². The van der Waals surface area contributed by atoms with Crippen LogP contribution in [0.3, 0.4) is 0 Å². The van der Waals surface area contributed by atoms with Gasteiger partial charge in [-0.05, 0) is 86.4 Å². The maximum atomic E-state index is 15.9. The first-order chi connectivity index (χ1) is 39.2. The summed E-state index contributed by atoms with van der Waals surface area (Å²) in [7, 11) is -1.63. The van der Waals surface area contributed by atoms with Crippen LogP contribution in [0.5, 0.6) is 0 Å². The van der Waals surface area contributed by atoms with E-state index in [1.54, 1.807) is 75.4 Å². The summed E-state index contributed by atoms with van der Waals surface area (Å²) in [6.07, 6.45) is -3.66. The maximum Gasteiger partial charge on any atom is 0.437 e. The van der Waals surface area contributed by atoms with Crippen LogP contribution in [0.25, 0.3) is 0 Å². The predicted octanol–water partition coefficient (Wildman–Crippen LogP) is 7.75. The summed E-state index contributed by atoms with van der Waals surface area (Å²) in [5.74, 6) is -2.77. The normalized spacial score (nSPS) is 14.2. The Kier molecular flexibility index (Phi) is 22.8. The van der Waals surface area contributed by atoms with Gasteiger partial charge in [-0.15, -0.1) is 4.99 Å². The number of guanidine groups is 1. The minimum atomic E-state index is -3.39. The van der Waals surface area contributed by atoms with Gasteiger partial charge >= 0.3 is 24.4 Å². The van der Waals surface area contributed by atoms with Crippen molar-refractivity contribution in [2.45, 2.75) is 109 Å². The summed E-state index contributed by atoms with van der Waals surface area (Å²) in [4.78, 5) is 105. The van der Waals surface area contributed by atoms with E-state index in [1.165, 1.54) is 4.90 Å². The number of carbonyl (C=O) groups is 7. The van der Waals surface area contributed by atoms with Gasteiger partial charge in [-0.3, -0.25) is 14.4 Å². The summed E-state index contributed by atoms with van der Waals surface area (Å²) in [5.41, 5.74) is 6.87. The van der Waals surface area contributed by atoms with Gasteiger partial charge in [0.25, 0.3) is 0 Å². The van der Waals surface area contributed by atoms with Gasteiger partial charge < -0.3 is 45.5 Å². The Hall–Kier alpha value is -8.53. The molecule has 5 aromatic carbocycles. The van der Waals surface area contributed by atoms with E-state index in [1.807, 2.05) is 97.1 Å². The molecular weight excluding hydrogens is 1080 g/mol. The van der Waals surface area contributed by atoms with Gasteiger partial charge in [0.15, 0.2) is 5.78 Å². The van der Waals surface area contributed by atoms with Gasteiger partial charge in [0.1, 0.15) is 42.3 Å². The quantitative estimate of drug-likeness (QED) is 0.0170. The lowest BCUT2D eigenvalue weighted by molar-refractivity contribution is -0.140. The topological polar surface area (TPSA) is 261 Å². The van der Waals surface area contributed by atoms with E-state index in [0.717, 1.165) is 4.90 Å². The third kappa shape index (κ3) is 18.0. The Morgan fingerprint density at radius 3 is 1.74 bits per heavy atom. The third-order valence-corrected chi connectivity index (χ3v) is 19.0. The molecule has 6 rings (SSSR count). The minimum absolute atomic E-state index is 0.0670. The van der Waals surface area contributed by atoms with Crippen LogP contribution in [0, 0.1) is 11.3 Å². The molecule has 82 heavy (non-hydrogen) atoms. The van der Waals surface area contributed by atoms with Crippen LogP contribution in [-0.4, -0.2) is 121 Å². The van der Waals surface area contributed by atoms with Crippen LogP contribution < -0.4 is 37.6 Å². The first-order valence-corrected chi connectivity index (χ1v) is 32.6. The van der Waals surface area contributed by atoms with Crippen molar-refractivity contribution in [1.29, 1.82) is 5.26 Å². The molecule has 1 aliphatic rings. The number of hydrogen-bond acceptors (Lipinski definition) is 12. The molecule has 1 heterocycles. The number of likely N-dealkylation sites (tertiary alicyclic amines) is 1. The molecule has 21 heteroatoms. The highest BCUT2D eigenvalue weighted by Gasteiger charge is 2.42. The first kappa shape index (κ1) is 62.7. The SMILES string of the molecule is CC(C)(C)OC(=O)NC[C@H](NC(=O)OCC[Si](C)(C)C)C(=O)N1CCC[C@H]1C(=O)N[C@@H](CCCN(C(=O)OCc1ccccc1)/C(N)=N\C(=O)OCc1ccccc1)C(=O)C(C#N)=P(c1ccccc1)(c1ccccc1)c1ccccc1. The van der Waals surface area contributed by atoms with Gasteiger partial charge in [0.05, 0.1) is 19.2 Å². The van der Waals surface area contributed by atoms with Crippen LogP contribution in [-0.2, 0) is 46.5 Å². The number of nitrogens with zero attached hydrogens (tertiary/aromatic N) is 4. The molecule has 0 radical (unpaired) electrons. The van der Waals surface area contributed by atoms with Gasteiger partial charge in [0, 0.05) is 21.2 Å². The highest BCUT2D eigenvalue weighted by Crippen LogP contribution is 2.46. The number of benzene rings is 5. The minimum Gasteiger partial charge on any atom is -0.450 e. The van der Waals surface area contributed by atoms with Crippen molar-refractivity contribution >= 4 is 84.1 Å².